The number of hydrogen-bond acceptors (Lipinski definition) is 6. The van der Waals surface area contributed by atoms with E-state index < -0.39 is 18.0 Å². The third-order valence-corrected chi connectivity index (χ3v) is 5.14. The van der Waals surface area contributed by atoms with Crippen LogP contribution in [0.2, 0.25) is 5.02 Å². The van der Waals surface area contributed by atoms with Gasteiger partial charge in [-0.1, -0.05) is 35.9 Å². The molecule has 0 radical (unpaired) electrons. The van der Waals surface area contributed by atoms with Crippen LogP contribution in [0, 0.1) is 0 Å². The Hall–Kier alpha value is -3.03. The minimum absolute atomic E-state index is 0.111. The number of carbonyl (C=O) groups is 3. The van der Waals surface area contributed by atoms with Crippen molar-refractivity contribution in [3.05, 3.63) is 70.2 Å². The Labute approximate surface area is 176 Å². The van der Waals surface area contributed by atoms with Gasteiger partial charge in [-0.2, -0.15) is 0 Å². The van der Waals surface area contributed by atoms with Crippen molar-refractivity contribution in [2.24, 2.45) is 0 Å². The van der Waals surface area contributed by atoms with Gasteiger partial charge in [-0.25, -0.2) is 9.78 Å². The SMILES string of the molecule is CC(=O)c1cccc(NC(=O)C(C)OC(=O)c2csc(-c3ccc(Cl)cc3)n2)c1. The van der Waals surface area contributed by atoms with E-state index in [1.54, 1.807) is 41.8 Å². The average Bonchev–Trinajstić information content (AvgIpc) is 3.19. The maximum Gasteiger partial charge on any atom is 0.358 e. The highest BCUT2D eigenvalue weighted by atomic mass is 35.5. The van der Waals surface area contributed by atoms with E-state index in [1.165, 1.54) is 25.2 Å². The highest BCUT2D eigenvalue weighted by Gasteiger charge is 2.21. The predicted octanol–water partition coefficient (Wildman–Crippen LogP) is 4.85. The number of thiazole rings is 1. The molecule has 3 rings (SSSR count). The van der Waals surface area contributed by atoms with Crippen LogP contribution in [-0.2, 0) is 9.53 Å². The number of aromatic nitrogens is 1. The fraction of sp³-hybridized carbons (Fsp3) is 0.143. The van der Waals surface area contributed by atoms with E-state index in [0.29, 0.717) is 21.3 Å². The number of nitrogens with zero attached hydrogens (tertiary/aromatic N) is 1. The molecule has 0 saturated carbocycles. The lowest BCUT2D eigenvalue weighted by atomic mass is 10.1. The molecule has 1 N–H and O–H groups in total. The molecule has 1 unspecified atom stereocenters. The van der Waals surface area contributed by atoms with Crippen LogP contribution in [0.25, 0.3) is 10.6 Å². The van der Waals surface area contributed by atoms with Crippen LogP contribution in [0.5, 0.6) is 0 Å². The lowest BCUT2D eigenvalue weighted by Crippen LogP contribution is -2.30. The standard InChI is InChI=1S/C21H17ClN2O4S/c1-12(25)15-4-3-5-17(10-15)23-19(26)13(2)28-21(27)18-11-29-20(24-18)14-6-8-16(22)9-7-14/h3-11,13H,1-2H3,(H,23,26). The largest absolute Gasteiger partial charge is 0.448 e. The summed E-state index contributed by atoms with van der Waals surface area (Å²) >= 11 is 7.17. The number of esters is 1. The highest BCUT2D eigenvalue weighted by Crippen LogP contribution is 2.25. The second kappa shape index (κ2) is 8.98. The number of halogens is 1. The predicted molar refractivity (Wildman–Crippen MR) is 113 cm³/mol. The van der Waals surface area contributed by atoms with Crippen LogP contribution in [0.15, 0.2) is 53.9 Å². The van der Waals surface area contributed by atoms with E-state index in [9.17, 15) is 14.4 Å². The average molecular weight is 429 g/mol. The molecule has 3 aromatic rings. The maximum atomic E-state index is 12.3. The van der Waals surface area contributed by atoms with Crippen molar-refractivity contribution in [1.29, 1.82) is 0 Å². The minimum atomic E-state index is -1.04. The third kappa shape index (κ3) is 5.28. The number of rotatable bonds is 6. The fourth-order valence-corrected chi connectivity index (χ4v) is 3.35. The number of hydrogen-bond donors (Lipinski definition) is 1. The monoisotopic (exact) mass is 428 g/mol. The van der Waals surface area contributed by atoms with Crippen molar-refractivity contribution in [2.45, 2.75) is 20.0 Å². The zero-order chi connectivity index (χ0) is 21.0. The van der Waals surface area contributed by atoms with Gasteiger partial charge >= 0.3 is 5.97 Å². The van der Waals surface area contributed by atoms with Gasteiger partial charge in [0, 0.05) is 27.2 Å². The van der Waals surface area contributed by atoms with Gasteiger partial charge in [0.05, 0.1) is 0 Å². The Morgan fingerprint density at radius 1 is 1.14 bits per heavy atom. The van der Waals surface area contributed by atoms with Crippen molar-refractivity contribution in [2.75, 3.05) is 5.32 Å². The van der Waals surface area contributed by atoms with Crippen LogP contribution in [0.4, 0.5) is 5.69 Å². The second-order valence-corrected chi connectivity index (χ2v) is 7.51. The molecule has 0 saturated heterocycles. The van der Waals surface area contributed by atoms with Crippen molar-refractivity contribution >= 4 is 46.3 Å². The first-order valence-corrected chi connectivity index (χ1v) is 9.93. The lowest BCUT2D eigenvalue weighted by molar-refractivity contribution is -0.123. The van der Waals surface area contributed by atoms with Crippen molar-refractivity contribution in [1.82, 2.24) is 4.98 Å². The number of ketones is 1. The zero-order valence-corrected chi connectivity index (χ0v) is 17.2. The van der Waals surface area contributed by atoms with Gasteiger partial charge in [-0.3, -0.25) is 9.59 Å². The molecule has 29 heavy (non-hydrogen) atoms. The first-order valence-electron chi connectivity index (χ1n) is 8.68. The molecule has 0 spiro atoms. The van der Waals surface area contributed by atoms with Gasteiger partial charge in [0.2, 0.25) is 0 Å². The van der Waals surface area contributed by atoms with Gasteiger partial charge in [0.15, 0.2) is 17.6 Å². The van der Waals surface area contributed by atoms with Gasteiger partial charge in [-0.05, 0) is 38.1 Å². The van der Waals surface area contributed by atoms with Gasteiger partial charge in [0.1, 0.15) is 5.01 Å². The number of ether oxygens (including phenoxy) is 1. The maximum absolute atomic E-state index is 12.3. The number of nitrogens with one attached hydrogen (secondary N) is 1. The smallest absolute Gasteiger partial charge is 0.358 e. The van der Waals surface area contributed by atoms with Crippen molar-refractivity contribution in [3.63, 3.8) is 0 Å². The van der Waals surface area contributed by atoms with E-state index in [4.69, 9.17) is 16.3 Å². The Balaban J connectivity index is 1.63. The molecule has 0 fully saturated rings. The minimum Gasteiger partial charge on any atom is -0.448 e. The number of anilines is 1. The Morgan fingerprint density at radius 2 is 1.86 bits per heavy atom. The topological polar surface area (TPSA) is 85.4 Å². The lowest BCUT2D eigenvalue weighted by Gasteiger charge is -2.13. The summed E-state index contributed by atoms with van der Waals surface area (Å²) in [6.07, 6.45) is -1.04. The molecular weight excluding hydrogens is 412 g/mol. The van der Waals surface area contributed by atoms with Crippen molar-refractivity contribution < 1.29 is 19.1 Å². The molecule has 148 valence electrons. The van der Waals surface area contributed by atoms with Gasteiger partial charge in [-0.15, -0.1) is 11.3 Å². The molecule has 0 aliphatic rings. The van der Waals surface area contributed by atoms with Crippen LogP contribution in [0.3, 0.4) is 0 Å². The number of carbonyl (C=O) groups excluding carboxylic acids is 3. The number of amides is 1. The molecule has 2 aromatic carbocycles. The van der Waals surface area contributed by atoms with Crippen LogP contribution < -0.4 is 5.32 Å². The van der Waals surface area contributed by atoms with Crippen LogP contribution >= 0.6 is 22.9 Å². The Bertz CT molecular complexity index is 1060. The van der Waals surface area contributed by atoms with Gasteiger partial charge < -0.3 is 10.1 Å². The molecule has 0 aliphatic heterocycles. The van der Waals surface area contributed by atoms with E-state index in [1.807, 2.05) is 12.1 Å². The summed E-state index contributed by atoms with van der Waals surface area (Å²) in [4.78, 5) is 40.4. The zero-order valence-electron chi connectivity index (χ0n) is 15.6. The Kier molecular flexibility index (Phi) is 6.41. The van der Waals surface area contributed by atoms with E-state index in [2.05, 4.69) is 10.3 Å². The molecule has 1 amide bonds. The number of benzene rings is 2. The first-order chi connectivity index (χ1) is 13.8. The first kappa shape index (κ1) is 20.7. The second-order valence-electron chi connectivity index (χ2n) is 6.22. The van der Waals surface area contributed by atoms with E-state index >= 15 is 0 Å². The number of Topliss-reactive ketones (excluding diaryl/α,β-unsaturated/α-hetero) is 1. The molecule has 0 bridgehead atoms. The summed E-state index contributed by atoms with van der Waals surface area (Å²) in [5.41, 5.74) is 1.88. The summed E-state index contributed by atoms with van der Waals surface area (Å²) < 4.78 is 5.22. The summed E-state index contributed by atoms with van der Waals surface area (Å²) in [6, 6.07) is 13.6. The van der Waals surface area contributed by atoms with Gasteiger partial charge in [0.25, 0.3) is 5.91 Å². The van der Waals surface area contributed by atoms with Crippen LogP contribution in [0.1, 0.15) is 34.7 Å². The summed E-state index contributed by atoms with van der Waals surface area (Å²) in [6.45, 7) is 2.91. The third-order valence-electron chi connectivity index (χ3n) is 3.99. The highest BCUT2D eigenvalue weighted by molar-refractivity contribution is 7.13. The molecule has 1 atom stereocenters. The molecule has 1 aromatic heterocycles. The molecule has 8 heteroatoms. The van der Waals surface area contributed by atoms with Crippen molar-refractivity contribution in [3.8, 4) is 10.6 Å². The van der Waals surface area contributed by atoms with Crippen LogP contribution in [-0.4, -0.2) is 28.7 Å². The fourth-order valence-electron chi connectivity index (χ4n) is 2.43. The summed E-state index contributed by atoms with van der Waals surface area (Å²) in [7, 11) is 0. The van der Waals surface area contributed by atoms with E-state index in [0.717, 1.165) is 5.56 Å². The van der Waals surface area contributed by atoms with E-state index in [-0.39, 0.29) is 11.5 Å². The quantitative estimate of drug-likeness (QED) is 0.448. The molecule has 1 heterocycles. The normalized spacial score (nSPS) is 11.6. The Morgan fingerprint density at radius 3 is 2.55 bits per heavy atom. The summed E-state index contributed by atoms with van der Waals surface area (Å²) in [5, 5.41) is 5.46. The molecule has 0 aliphatic carbocycles. The molecular formula is C21H17ClN2O4S. The summed E-state index contributed by atoms with van der Waals surface area (Å²) in [5.74, 6) is -1.31. The molecule has 6 nitrogen and oxygen atoms in total.